The van der Waals surface area contributed by atoms with Crippen LogP contribution in [0, 0.1) is 18.6 Å². The maximum atomic E-state index is 13.8. The number of hydrogen-bond acceptors (Lipinski definition) is 5. The number of nitrogens with one attached hydrogen (secondary N) is 2. The van der Waals surface area contributed by atoms with Crippen molar-refractivity contribution in [2.45, 2.75) is 6.92 Å². The summed E-state index contributed by atoms with van der Waals surface area (Å²) in [6, 6.07) is 10.1. The summed E-state index contributed by atoms with van der Waals surface area (Å²) in [6.45, 7) is 1.71. The van der Waals surface area contributed by atoms with Gasteiger partial charge in [0.25, 0.3) is 0 Å². The lowest BCUT2D eigenvalue weighted by Crippen LogP contribution is -2.02. The topological polar surface area (TPSA) is 59.1 Å². The minimum atomic E-state index is -0.710. The molecule has 2 N–H and O–H groups in total. The van der Waals surface area contributed by atoms with Gasteiger partial charge in [-0.1, -0.05) is 11.6 Å². The summed E-state index contributed by atoms with van der Waals surface area (Å²) in [5.41, 5.74) is 0.816. The van der Waals surface area contributed by atoms with Crippen molar-refractivity contribution in [3.8, 4) is 5.75 Å². The van der Waals surface area contributed by atoms with Crippen LogP contribution in [-0.4, -0.2) is 17.1 Å². The van der Waals surface area contributed by atoms with E-state index in [2.05, 4.69) is 20.6 Å². The van der Waals surface area contributed by atoms with Crippen LogP contribution in [0.2, 0.25) is 5.02 Å². The van der Waals surface area contributed by atoms with E-state index in [1.165, 1.54) is 13.2 Å². The summed E-state index contributed by atoms with van der Waals surface area (Å²) in [7, 11) is 1.54. The van der Waals surface area contributed by atoms with Gasteiger partial charge in [-0.2, -0.15) is 0 Å². The van der Waals surface area contributed by atoms with Gasteiger partial charge in [-0.15, -0.1) is 0 Å². The largest absolute Gasteiger partial charge is 0.495 e. The number of nitrogens with zero attached hydrogens (tertiary/aromatic N) is 2. The molecule has 0 aliphatic rings. The first-order valence-corrected chi connectivity index (χ1v) is 8.01. The van der Waals surface area contributed by atoms with Gasteiger partial charge < -0.3 is 15.4 Å². The van der Waals surface area contributed by atoms with E-state index in [0.717, 1.165) is 12.1 Å². The Morgan fingerprint density at radius 3 is 2.35 bits per heavy atom. The number of ether oxygens (including phenoxy) is 1. The van der Waals surface area contributed by atoms with Gasteiger partial charge in [-0.25, -0.2) is 18.7 Å². The van der Waals surface area contributed by atoms with Crippen molar-refractivity contribution in [2.24, 2.45) is 0 Å². The molecule has 0 spiro atoms. The van der Waals surface area contributed by atoms with Gasteiger partial charge in [-0.3, -0.25) is 0 Å². The Morgan fingerprint density at radius 2 is 1.69 bits per heavy atom. The van der Waals surface area contributed by atoms with Gasteiger partial charge in [0.1, 0.15) is 34.8 Å². The molecular weight excluding hydrogens is 362 g/mol. The zero-order valence-electron chi connectivity index (χ0n) is 14.0. The van der Waals surface area contributed by atoms with E-state index in [9.17, 15) is 8.78 Å². The van der Waals surface area contributed by atoms with Crippen molar-refractivity contribution in [3.63, 3.8) is 0 Å². The van der Waals surface area contributed by atoms with Gasteiger partial charge in [0.05, 0.1) is 17.8 Å². The molecule has 0 fully saturated rings. The highest BCUT2D eigenvalue weighted by atomic mass is 35.5. The van der Waals surface area contributed by atoms with Crippen molar-refractivity contribution in [1.82, 2.24) is 9.97 Å². The van der Waals surface area contributed by atoms with Gasteiger partial charge in [0, 0.05) is 17.8 Å². The van der Waals surface area contributed by atoms with E-state index in [4.69, 9.17) is 16.3 Å². The molecule has 0 atom stereocenters. The second-order valence-corrected chi connectivity index (χ2v) is 5.82. The van der Waals surface area contributed by atoms with E-state index in [1.54, 1.807) is 31.2 Å². The lowest BCUT2D eigenvalue weighted by molar-refractivity contribution is 0.415. The number of rotatable bonds is 5. The molecule has 2 aromatic carbocycles. The standard InChI is InChI=1S/C18H15ClF2N4O/c1-10-22-17(24-12-4-6-16(26-2)13(19)8-12)9-18(23-10)25-15-5-3-11(20)7-14(15)21/h3-9H,1-2H3,(H2,22,23,24,25). The number of hydrogen-bond donors (Lipinski definition) is 2. The summed E-state index contributed by atoms with van der Waals surface area (Å²) in [6.07, 6.45) is 0. The summed E-state index contributed by atoms with van der Waals surface area (Å²) in [5, 5.41) is 6.37. The fourth-order valence-corrected chi connectivity index (χ4v) is 2.57. The summed E-state index contributed by atoms with van der Waals surface area (Å²) < 4.78 is 31.9. The van der Waals surface area contributed by atoms with Crippen LogP contribution in [0.25, 0.3) is 0 Å². The van der Waals surface area contributed by atoms with E-state index in [1.807, 2.05) is 0 Å². The normalized spacial score (nSPS) is 10.5. The molecule has 1 aromatic heterocycles. The predicted molar refractivity (Wildman–Crippen MR) is 97.7 cm³/mol. The van der Waals surface area contributed by atoms with Gasteiger partial charge in [0.15, 0.2) is 0 Å². The van der Waals surface area contributed by atoms with Crippen molar-refractivity contribution in [3.05, 3.63) is 64.9 Å². The fraction of sp³-hybridized carbons (Fsp3) is 0.111. The molecule has 0 amide bonds. The molecule has 0 saturated carbocycles. The molecule has 3 rings (SSSR count). The van der Waals surface area contributed by atoms with Crippen molar-refractivity contribution >= 4 is 34.6 Å². The molecule has 0 aliphatic carbocycles. The molecule has 134 valence electrons. The summed E-state index contributed by atoms with van der Waals surface area (Å²) >= 11 is 6.11. The lowest BCUT2D eigenvalue weighted by atomic mass is 10.3. The Labute approximate surface area is 154 Å². The minimum absolute atomic E-state index is 0.114. The third-order valence-corrected chi connectivity index (χ3v) is 3.75. The van der Waals surface area contributed by atoms with E-state index in [-0.39, 0.29) is 5.69 Å². The molecule has 26 heavy (non-hydrogen) atoms. The number of benzene rings is 2. The molecule has 8 heteroatoms. The highest BCUT2D eigenvalue weighted by Crippen LogP contribution is 2.29. The third kappa shape index (κ3) is 4.18. The molecule has 1 heterocycles. The number of methoxy groups -OCH3 is 1. The van der Waals surface area contributed by atoms with E-state index in [0.29, 0.717) is 33.9 Å². The zero-order valence-corrected chi connectivity index (χ0v) is 14.7. The van der Waals surface area contributed by atoms with E-state index >= 15 is 0 Å². The first kappa shape index (κ1) is 17.9. The highest BCUT2D eigenvalue weighted by molar-refractivity contribution is 6.32. The van der Waals surface area contributed by atoms with Gasteiger partial charge in [-0.05, 0) is 37.3 Å². The minimum Gasteiger partial charge on any atom is -0.495 e. The van der Waals surface area contributed by atoms with Crippen LogP contribution in [0.5, 0.6) is 5.75 Å². The van der Waals surface area contributed by atoms with Gasteiger partial charge in [0.2, 0.25) is 0 Å². The van der Waals surface area contributed by atoms with Crippen molar-refractivity contribution < 1.29 is 13.5 Å². The molecule has 0 unspecified atom stereocenters. The van der Waals surface area contributed by atoms with Crippen LogP contribution in [-0.2, 0) is 0 Å². The first-order valence-electron chi connectivity index (χ1n) is 7.63. The molecule has 0 radical (unpaired) electrons. The Kier molecular flexibility index (Phi) is 5.18. The summed E-state index contributed by atoms with van der Waals surface area (Å²) in [5.74, 6) is 0.530. The second-order valence-electron chi connectivity index (χ2n) is 5.41. The molecule has 5 nitrogen and oxygen atoms in total. The fourth-order valence-electron chi connectivity index (χ4n) is 2.32. The monoisotopic (exact) mass is 376 g/mol. The predicted octanol–water partition coefficient (Wildman–Crippen LogP) is 5.21. The SMILES string of the molecule is COc1ccc(Nc2cc(Nc3ccc(F)cc3F)nc(C)n2)cc1Cl. The quantitative estimate of drug-likeness (QED) is 0.640. The smallest absolute Gasteiger partial charge is 0.149 e. The molecule has 3 aromatic rings. The third-order valence-electron chi connectivity index (χ3n) is 3.46. The maximum absolute atomic E-state index is 13.8. The average molecular weight is 377 g/mol. The van der Waals surface area contributed by atoms with Crippen LogP contribution in [0.15, 0.2) is 42.5 Å². The molecule has 0 aliphatic heterocycles. The Bertz CT molecular complexity index is 952. The Hall–Kier alpha value is -2.93. The molecular formula is C18H15ClF2N4O. The van der Waals surface area contributed by atoms with Crippen LogP contribution < -0.4 is 15.4 Å². The highest BCUT2D eigenvalue weighted by Gasteiger charge is 2.08. The first-order chi connectivity index (χ1) is 12.4. The maximum Gasteiger partial charge on any atom is 0.149 e. The number of aryl methyl sites for hydroxylation is 1. The number of aromatic nitrogens is 2. The van der Waals surface area contributed by atoms with Crippen molar-refractivity contribution in [1.29, 1.82) is 0 Å². The molecule has 0 bridgehead atoms. The zero-order chi connectivity index (χ0) is 18.7. The lowest BCUT2D eigenvalue weighted by Gasteiger charge is -2.12. The summed E-state index contributed by atoms with van der Waals surface area (Å²) in [4.78, 5) is 8.50. The van der Waals surface area contributed by atoms with Crippen LogP contribution in [0.1, 0.15) is 5.82 Å². The van der Waals surface area contributed by atoms with E-state index < -0.39 is 11.6 Å². The second kappa shape index (κ2) is 7.53. The van der Waals surface area contributed by atoms with Crippen LogP contribution in [0.4, 0.5) is 31.8 Å². The average Bonchev–Trinajstić information content (AvgIpc) is 2.57. The Balaban J connectivity index is 1.84. The van der Waals surface area contributed by atoms with Crippen molar-refractivity contribution in [2.75, 3.05) is 17.7 Å². The molecule has 0 saturated heterocycles. The number of anilines is 4. The van der Waals surface area contributed by atoms with Crippen LogP contribution in [0.3, 0.4) is 0 Å². The van der Waals surface area contributed by atoms with Gasteiger partial charge >= 0.3 is 0 Å². The van der Waals surface area contributed by atoms with Crippen LogP contribution >= 0.6 is 11.6 Å². The Morgan fingerprint density at radius 1 is 0.962 bits per heavy atom. The number of halogens is 3.